The van der Waals surface area contributed by atoms with E-state index in [9.17, 15) is 9.59 Å². The second-order valence-corrected chi connectivity index (χ2v) is 7.12. The largest absolute Gasteiger partial charge is 0.490 e. The van der Waals surface area contributed by atoms with Crippen LogP contribution in [0, 0.1) is 6.92 Å². The fourth-order valence-electron chi connectivity index (χ4n) is 3.15. The van der Waals surface area contributed by atoms with Crippen molar-refractivity contribution >= 4 is 27.5 Å². The number of carbonyl (C=O) groups is 1. The average Bonchev–Trinajstić information content (AvgIpc) is 3.25. The molecule has 3 aromatic rings. The Kier molecular flexibility index (Phi) is 4.46. The lowest BCUT2D eigenvalue weighted by molar-refractivity contribution is 0.0455. The summed E-state index contributed by atoms with van der Waals surface area (Å²) in [5.74, 6) is 1.10. The normalized spacial score (nSPS) is 13.0. The molecule has 1 aliphatic rings. The summed E-state index contributed by atoms with van der Waals surface area (Å²) >= 11 is 1.23. The van der Waals surface area contributed by atoms with Crippen molar-refractivity contribution in [2.24, 2.45) is 0 Å². The molecule has 0 spiro atoms. The molecule has 1 aliphatic heterocycles. The number of ether oxygens (including phenoxy) is 2. The third-order valence-corrected chi connectivity index (χ3v) is 5.59. The van der Waals surface area contributed by atoms with Crippen LogP contribution in [-0.2, 0) is 17.7 Å². The number of nitrogens with zero attached hydrogens (tertiary/aromatic N) is 2. The monoisotopic (exact) mass is 370 g/mol. The summed E-state index contributed by atoms with van der Waals surface area (Å²) in [5.41, 5.74) is 0.599. The first-order chi connectivity index (χ1) is 12.6. The van der Waals surface area contributed by atoms with Gasteiger partial charge in [-0.1, -0.05) is 18.2 Å². The molecule has 3 heterocycles. The van der Waals surface area contributed by atoms with E-state index in [1.807, 2.05) is 30.3 Å². The van der Waals surface area contributed by atoms with Gasteiger partial charge in [-0.15, -0.1) is 11.3 Å². The molecule has 0 atom stereocenters. The number of benzene rings is 1. The fraction of sp³-hybridized carbons (Fsp3) is 0.316. The van der Waals surface area contributed by atoms with Gasteiger partial charge in [0, 0.05) is 13.0 Å². The van der Waals surface area contributed by atoms with E-state index in [0.29, 0.717) is 27.2 Å². The Morgan fingerprint density at radius 3 is 2.88 bits per heavy atom. The average molecular weight is 370 g/mol. The smallest absolute Gasteiger partial charge is 0.348 e. The van der Waals surface area contributed by atoms with Gasteiger partial charge in [0.25, 0.3) is 5.56 Å². The number of aromatic nitrogens is 2. The minimum Gasteiger partial charge on any atom is -0.490 e. The van der Waals surface area contributed by atoms with E-state index in [1.54, 1.807) is 11.5 Å². The molecule has 7 heteroatoms. The number of hydrogen-bond acceptors (Lipinski definition) is 6. The maximum atomic E-state index is 12.7. The van der Waals surface area contributed by atoms with Crippen molar-refractivity contribution in [1.29, 1.82) is 0 Å². The van der Waals surface area contributed by atoms with Crippen LogP contribution in [0.1, 0.15) is 27.5 Å². The summed E-state index contributed by atoms with van der Waals surface area (Å²) < 4.78 is 12.5. The van der Waals surface area contributed by atoms with E-state index in [4.69, 9.17) is 9.47 Å². The van der Waals surface area contributed by atoms with Crippen molar-refractivity contribution < 1.29 is 14.3 Å². The summed E-state index contributed by atoms with van der Waals surface area (Å²) in [6, 6.07) is 9.35. The van der Waals surface area contributed by atoms with E-state index in [0.717, 1.165) is 24.4 Å². The van der Waals surface area contributed by atoms with Crippen LogP contribution < -0.4 is 10.3 Å². The number of aryl methyl sites for hydroxylation is 2. The molecule has 0 fully saturated rings. The molecule has 0 saturated carbocycles. The molecule has 0 aliphatic carbocycles. The molecular weight excluding hydrogens is 352 g/mol. The van der Waals surface area contributed by atoms with Crippen molar-refractivity contribution in [3.63, 3.8) is 0 Å². The van der Waals surface area contributed by atoms with Crippen LogP contribution in [0.3, 0.4) is 0 Å². The standard InChI is InChI=1S/C19H18N2O4S/c1-12-15-17(20-14-8-5-9-21(14)18(15)22)26-16(12)19(23)25-11-10-24-13-6-3-2-4-7-13/h2-4,6-7H,5,8-11H2,1H3. The van der Waals surface area contributed by atoms with Crippen LogP contribution in [0.25, 0.3) is 10.2 Å². The van der Waals surface area contributed by atoms with Gasteiger partial charge in [-0.3, -0.25) is 9.36 Å². The molecule has 0 unspecified atom stereocenters. The van der Waals surface area contributed by atoms with E-state index < -0.39 is 5.97 Å². The second kappa shape index (κ2) is 6.92. The highest BCUT2D eigenvalue weighted by Crippen LogP contribution is 2.29. The summed E-state index contributed by atoms with van der Waals surface area (Å²) in [5, 5.41) is 0.535. The summed E-state index contributed by atoms with van der Waals surface area (Å²) in [7, 11) is 0. The number of para-hydroxylation sites is 1. The lowest BCUT2D eigenvalue weighted by Gasteiger charge is -2.06. The molecule has 0 N–H and O–H groups in total. The van der Waals surface area contributed by atoms with Crippen molar-refractivity contribution in [3.8, 4) is 5.75 Å². The molecule has 0 radical (unpaired) electrons. The van der Waals surface area contributed by atoms with Crippen LogP contribution in [0.4, 0.5) is 0 Å². The third-order valence-electron chi connectivity index (χ3n) is 4.43. The van der Waals surface area contributed by atoms with Gasteiger partial charge in [0.05, 0.1) is 5.39 Å². The first-order valence-corrected chi connectivity index (χ1v) is 9.34. The van der Waals surface area contributed by atoms with E-state index in [-0.39, 0.29) is 18.8 Å². The summed E-state index contributed by atoms with van der Waals surface area (Å²) in [4.78, 5) is 30.7. The van der Waals surface area contributed by atoms with Crippen LogP contribution in [0.2, 0.25) is 0 Å². The minimum absolute atomic E-state index is 0.0530. The summed E-state index contributed by atoms with van der Waals surface area (Å²) in [6.07, 6.45) is 1.74. The Morgan fingerprint density at radius 2 is 2.08 bits per heavy atom. The van der Waals surface area contributed by atoms with Crippen molar-refractivity contribution in [3.05, 3.63) is 57.0 Å². The zero-order valence-corrected chi connectivity index (χ0v) is 15.2. The van der Waals surface area contributed by atoms with Gasteiger partial charge < -0.3 is 9.47 Å². The van der Waals surface area contributed by atoms with Crippen LogP contribution in [-0.4, -0.2) is 28.7 Å². The fourth-order valence-corrected chi connectivity index (χ4v) is 4.23. The number of thiophene rings is 1. The molecule has 1 aromatic carbocycles. The minimum atomic E-state index is -0.438. The Bertz CT molecular complexity index is 1020. The van der Waals surface area contributed by atoms with Gasteiger partial charge in [0.1, 0.15) is 34.5 Å². The maximum Gasteiger partial charge on any atom is 0.348 e. The first kappa shape index (κ1) is 16.8. The van der Waals surface area contributed by atoms with Gasteiger partial charge in [-0.2, -0.15) is 0 Å². The lowest BCUT2D eigenvalue weighted by atomic mass is 10.2. The van der Waals surface area contributed by atoms with E-state index in [1.165, 1.54) is 11.3 Å². The van der Waals surface area contributed by atoms with Crippen LogP contribution in [0.5, 0.6) is 5.75 Å². The van der Waals surface area contributed by atoms with Gasteiger partial charge in [-0.05, 0) is 31.0 Å². The molecule has 26 heavy (non-hydrogen) atoms. The Morgan fingerprint density at radius 1 is 1.27 bits per heavy atom. The van der Waals surface area contributed by atoms with Crippen LogP contribution >= 0.6 is 11.3 Å². The number of hydrogen-bond donors (Lipinski definition) is 0. The van der Waals surface area contributed by atoms with Crippen molar-refractivity contribution in [2.45, 2.75) is 26.3 Å². The quantitative estimate of drug-likeness (QED) is 0.510. The molecule has 0 saturated heterocycles. The van der Waals surface area contributed by atoms with Crippen LogP contribution in [0.15, 0.2) is 35.1 Å². The molecule has 134 valence electrons. The van der Waals surface area contributed by atoms with Gasteiger partial charge >= 0.3 is 5.97 Å². The van der Waals surface area contributed by atoms with Crippen molar-refractivity contribution in [1.82, 2.24) is 9.55 Å². The molecule has 0 amide bonds. The molecular formula is C19H18N2O4S. The SMILES string of the molecule is Cc1c(C(=O)OCCOc2ccccc2)sc2nc3n(c(=O)c12)CCC3. The number of carbonyl (C=O) groups excluding carboxylic acids is 1. The zero-order valence-electron chi connectivity index (χ0n) is 14.4. The van der Waals surface area contributed by atoms with E-state index in [2.05, 4.69) is 4.98 Å². The predicted molar refractivity (Wildman–Crippen MR) is 99.2 cm³/mol. The third kappa shape index (κ3) is 2.99. The Balaban J connectivity index is 1.48. The van der Waals surface area contributed by atoms with Gasteiger partial charge in [0.15, 0.2) is 0 Å². The molecule has 4 rings (SSSR count). The zero-order chi connectivity index (χ0) is 18.1. The predicted octanol–water partition coefficient (Wildman–Crippen LogP) is 2.95. The summed E-state index contributed by atoms with van der Waals surface area (Å²) in [6.45, 7) is 2.89. The highest BCUT2D eigenvalue weighted by Gasteiger charge is 2.23. The Hall–Kier alpha value is -2.67. The topological polar surface area (TPSA) is 70.4 Å². The van der Waals surface area contributed by atoms with Crippen molar-refractivity contribution in [2.75, 3.05) is 13.2 Å². The second-order valence-electron chi connectivity index (χ2n) is 6.12. The highest BCUT2D eigenvalue weighted by molar-refractivity contribution is 7.20. The highest BCUT2D eigenvalue weighted by atomic mass is 32.1. The van der Waals surface area contributed by atoms with Gasteiger partial charge in [-0.25, -0.2) is 9.78 Å². The molecule has 2 aromatic heterocycles. The van der Waals surface area contributed by atoms with E-state index >= 15 is 0 Å². The van der Waals surface area contributed by atoms with Gasteiger partial charge in [0.2, 0.25) is 0 Å². The molecule has 6 nitrogen and oxygen atoms in total. The Labute approximate surface area is 154 Å². The number of fused-ring (bicyclic) bond motifs is 2. The number of rotatable bonds is 5. The first-order valence-electron chi connectivity index (χ1n) is 8.53. The number of esters is 1. The lowest BCUT2D eigenvalue weighted by Crippen LogP contribution is -2.20. The molecule has 0 bridgehead atoms. The maximum absolute atomic E-state index is 12.7.